The predicted octanol–water partition coefficient (Wildman–Crippen LogP) is 3.27. The van der Waals surface area contributed by atoms with Gasteiger partial charge >= 0.3 is 0 Å². The molecule has 7 nitrogen and oxygen atoms in total. The number of carbonyl (C=O) groups is 3. The molecule has 0 fully saturated rings. The van der Waals surface area contributed by atoms with E-state index in [9.17, 15) is 14.4 Å². The average Bonchev–Trinajstić information content (AvgIpc) is 3.09. The van der Waals surface area contributed by atoms with Crippen molar-refractivity contribution in [2.75, 3.05) is 18.4 Å². The highest BCUT2D eigenvalue weighted by atomic mass is 16.2. The van der Waals surface area contributed by atoms with Gasteiger partial charge in [-0.2, -0.15) is 0 Å². The number of fused-ring (bicyclic) bond motifs is 1. The minimum Gasteiger partial charge on any atom is -0.337 e. The summed E-state index contributed by atoms with van der Waals surface area (Å²) in [6.07, 6.45) is 1.71. The summed E-state index contributed by atoms with van der Waals surface area (Å²) in [6.45, 7) is 6.36. The Kier molecular flexibility index (Phi) is 5.54. The van der Waals surface area contributed by atoms with Crippen LogP contribution in [-0.4, -0.2) is 45.0 Å². The summed E-state index contributed by atoms with van der Waals surface area (Å²) in [5.74, 6) is -0.565. The molecular weight excluding hydrogens is 356 g/mol. The van der Waals surface area contributed by atoms with Crippen molar-refractivity contribution < 1.29 is 14.4 Å². The van der Waals surface area contributed by atoms with Crippen LogP contribution < -0.4 is 5.32 Å². The predicted molar refractivity (Wildman–Crippen MR) is 107 cm³/mol. The van der Waals surface area contributed by atoms with E-state index in [1.165, 1.54) is 6.92 Å². The number of aromatic nitrogens is 2. The van der Waals surface area contributed by atoms with Gasteiger partial charge in [0, 0.05) is 30.5 Å². The first-order chi connectivity index (χ1) is 13.5. The van der Waals surface area contributed by atoms with Gasteiger partial charge in [0.1, 0.15) is 0 Å². The van der Waals surface area contributed by atoms with Gasteiger partial charge in [-0.15, -0.1) is 0 Å². The molecule has 3 aromatic rings. The molecule has 0 spiro atoms. The number of nitrogens with zero attached hydrogens (tertiary/aromatic N) is 3. The third kappa shape index (κ3) is 3.64. The standard InChI is InChI=1S/C21H22N4O3/c1-4-24(5-2)21(28)19-23-18(17-11-6-7-12-25(17)19)20(27)22-16-10-8-9-15(13-16)14(3)26/h6-13H,4-5H2,1-3H3,(H,22,27). The van der Waals surface area contributed by atoms with Gasteiger partial charge in [-0.1, -0.05) is 18.2 Å². The van der Waals surface area contributed by atoms with Crippen LogP contribution in [0.25, 0.3) is 5.52 Å². The number of benzene rings is 1. The van der Waals surface area contributed by atoms with Crippen LogP contribution in [-0.2, 0) is 0 Å². The summed E-state index contributed by atoms with van der Waals surface area (Å²) in [7, 11) is 0. The molecule has 0 atom stereocenters. The Hall–Kier alpha value is -3.48. The van der Waals surface area contributed by atoms with E-state index in [-0.39, 0.29) is 23.2 Å². The number of hydrogen-bond acceptors (Lipinski definition) is 4. The van der Waals surface area contributed by atoms with E-state index in [1.54, 1.807) is 58.0 Å². The molecule has 2 amide bonds. The zero-order chi connectivity index (χ0) is 20.3. The Morgan fingerprint density at radius 3 is 2.50 bits per heavy atom. The second-order valence-electron chi connectivity index (χ2n) is 6.31. The molecule has 2 aromatic heterocycles. The van der Waals surface area contributed by atoms with Crippen molar-refractivity contribution >= 4 is 28.8 Å². The topological polar surface area (TPSA) is 83.8 Å². The molecule has 0 bridgehead atoms. The molecule has 3 rings (SSSR count). The second-order valence-corrected chi connectivity index (χ2v) is 6.31. The summed E-state index contributed by atoms with van der Waals surface area (Å²) in [5, 5.41) is 2.76. The van der Waals surface area contributed by atoms with Gasteiger partial charge in [0.15, 0.2) is 11.5 Å². The average molecular weight is 378 g/mol. The van der Waals surface area contributed by atoms with Gasteiger partial charge in [0.05, 0.1) is 5.52 Å². The van der Waals surface area contributed by atoms with E-state index >= 15 is 0 Å². The number of ketones is 1. The van der Waals surface area contributed by atoms with Crippen LogP contribution in [0, 0.1) is 0 Å². The fourth-order valence-corrected chi connectivity index (χ4v) is 3.01. The number of nitrogens with one attached hydrogen (secondary N) is 1. The van der Waals surface area contributed by atoms with Crippen molar-refractivity contribution in [1.29, 1.82) is 0 Å². The quantitative estimate of drug-likeness (QED) is 0.667. The van der Waals surface area contributed by atoms with E-state index in [1.807, 2.05) is 13.8 Å². The first-order valence-electron chi connectivity index (χ1n) is 9.15. The molecule has 0 radical (unpaired) electrons. The Morgan fingerprint density at radius 2 is 1.82 bits per heavy atom. The fraction of sp³-hybridized carbons (Fsp3) is 0.238. The molecule has 144 valence electrons. The lowest BCUT2D eigenvalue weighted by Crippen LogP contribution is -2.32. The lowest BCUT2D eigenvalue weighted by Gasteiger charge is -2.17. The van der Waals surface area contributed by atoms with E-state index in [2.05, 4.69) is 10.3 Å². The Morgan fingerprint density at radius 1 is 1.07 bits per heavy atom. The number of rotatable bonds is 6. The van der Waals surface area contributed by atoms with Gasteiger partial charge in [0.25, 0.3) is 11.8 Å². The summed E-state index contributed by atoms with van der Waals surface area (Å²) in [5.41, 5.74) is 1.69. The molecule has 0 saturated carbocycles. The number of pyridine rings is 1. The van der Waals surface area contributed by atoms with Crippen LogP contribution in [0.4, 0.5) is 5.69 Å². The molecule has 1 aromatic carbocycles. The first kappa shape index (κ1) is 19.3. The maximum atomic E-state index is 12.9. The largest absolute Gasteiger partial charge is 0.337 e. The van der Waals surface area contributed by atoms with E-state index in [4.69, 9.17) is 0 Å². The lowest BCUT2D eigenvalue weighted by atomic mass is 10.1. The van der Waals surface area contributed by atoms with Gasteiger partial charge < -0.3 is 10.2 Å². The van der Waals surface area contributed by atoms with Crippen molar-refractivity contribution in [3.05, 3.63) is 65.7 Å². The molecule has 0 saturated heterocycles. The Bertz CT molecular complexity index is 1050. The Balaban J connectivity index is 1.99. The molecule has 0 aliphatic carbocycles. The number of amides is 2. The number of hydrogen-bond donors (Lipinski definition) is 1. The molecular formula is C21H22N4O3. The zero-order valence-corrected chi connectivity index (χ0v) is 16.1. The van der Waals surface area contributed by atoms with E-state index < -0.39 is 5.91 Å². The van der Waals surface area contributed by atoms with Crippen LogP contribution in [0.2, 0.25) is 0 Å². The molecule has 2 heterocycles. The number of Topliss-reactive ketones (excluding diaryl/α,β-unsaturated/α-hetero) is 1. The summed E-state index contributed by atoms with van der Waals surface area (Å²) >= 11 is 0. The van der Waals surface area contributed by atoms with Crippen molar-refractivity contribution in [3.63, 3.8) is 0 Å². The lowest BCUT2D eigenvalue weighted by molar-refractivity contribution is 0.0760. The molecule has 7 heteroatoms. The number of carbonyl (C=O) groups excluding carboxylic acids is 3. The highest BCUT2D eigenvalue weighted by Crippen LogP contribution is 2.18. The van der Waals surface area contributed by atoms with Gasteiger partial charge in [-0.25, -0.2) is 4.98 Å². The molecule has 0 unspecified atom stereocenters. The van der Waals surface area contributed by atoms with Crippen LogP contribution >= 0.6 is 0 Å². The monoisotopic (exact) mass is 378 g/mol. The maximum Gasteiger partial charge on any atom is 0.290 e. The smallest absolute Gasteiger partial charge is 0.290 e. The minimum atomic E-state index is -0.442. The third-order valence-corrected chi connectivity index (χ3v) is 4.53. The van der Waals surface area contributed by atoms with Gasteiger partial charge in [-0.3, -0.25) is 18.8 Å². The van der Waals surface area contributed by atoms with Crippen LogP contribution in [0.3, 0.4) is 0 Å². The normalized spacial score (nSPS) is 10.7. The fourth-order valence-electron chi connectivity index (χ4n) is 3.01. The summed E-state index contributed by atoms with van der Waals surface area (Å²) in [4.78, 5) is 43.2. The Labute approximate surface area is 163 Å². The van der Waals surface area contributed by atoms with Crippen molar-refractivity contribution in [1.82, 2.24) is 14.3 Å². The SMILES string of the molecule is CCN(CC)C(=O)c1nc(C(=O)Nc2cccc(C(C)=O)c2)c2ccccn12. The van der Waals surface area contributed by atoms with Crippen molar-refractivity contribution in [2.24, 2.45) is 0 Å². The third-order valence-electron chi connectivity index (χ3n) is 4.53. The van der Waals surface area contributed by atoms with Gasteiger partial charge in [-0.05, 0) is 45.0 Å². The minimum absolute atomic E-state index is 0.0874. The van der Waals surface area contributed by atoms with E-state index in [0.29, 0.717) is 29.9 Å². The van der Waals surface area contributed by atoms with E-state index in [0.717, 1.165) is 0 Å². The van der Waals surface area contributed by atoms with Crippen LogP contribution in [0.15, 0.2) is 48.7 Å². The molecule has 28 heavy (non-hydrogen) atoms. The highest BCUT2D eigenvalue weighted by Gasteiger charge is 2.24. The van der Waals surface area contributed by atoms with Crippen LogP contribution in [0.1, 0.15) is 52.2 Å². The van der Waals surface area contributed by atoms with Crippen LogP contribution in [0.5, 0.6) is 0 Å². The number of imidazole rings is 1. The van der Waals surface area contributed by atoms with Crippen molar-refractivity contribution in [2.45, 2.75) is 20.8 Å². The van der Waals surface area contributed by atoms with Crippen molar-refractivity contribution in [3.8, 4) is 0 Å². The highest BCUT2D eigenvalue weighted by molar-refractivity contribution is 6.09. The second kappa shape index (κ2) is 8.04. The summed E-state index contributed by atoms with van der Waals surface area (Å²) in [6, 6.07) is 12.0. The summed E-state index contributed by atoms with van der Waals surface area (Å²) < 4.78 is 1.63. The number of anilines is 1. The molecule has 0 aliphatic heterocycles. The maximum absolute atomic E-state index is 12.9. The molecule has 0 aliphatic rings. The molecule has 1 N–H and O–H groups in total. The van der Waals surface area contributed by atoms with Gasteiger partial charge in [0.2, 0.25) is 5.82 Å². The first-order valence-corrected chi connectivity index (χ1v) is 9.15. The zero-order valence-electron chi connectivity index (χ0n) is 16.1.